The van der Waals surface area contributed by atoms with E-state index in [2.05, 4.69) is 32.6 Å². The van der Waals surface area contributed by atoms with Crippen LogP contribution in [0.5, 0.6) is 11.5 Å². The molecule has 2 bridgehead atoms. The number of ether oxygens (including phenoxy) is 5. The highest BCUT2D eigenvalue weighted by Gasteiger charge is 2.60. The Labute approximate surface area is 349 Å². The van der Waals surface area contributed by atoms with Crippen LogP contribution >= 0.6 is 0 Å². The number of fused-ring (bicyclic) bond motifs is 1. The zero-order valence-corrected chi connectivity index (χ0v) is 36.3. The van der Waals surface area contributed by atoms with Crippen molar-refractivity contribution in [2.24, 2.45) is 34.1 Å². The van der Waals surface area contributed by atoms with Gasteiger partial charge in [-0.1, -0.05) is 64.7 Å². The van der Waals surface area contributed by atoms with Crippen molar-refractivity contribution in [3.05, 3.63) is 60.2 Å². The second-order valence-electron chi connectivity index (χ2n) is 17.8. The van der Waals surface area contributed by atoms with Crippen molar-refractivity contribution in [3.63, 3.8) is 0 Å². The largest absolute Gasteiger partial charge is 0.458 e. The van der Waals surface area contributed by atoms with Gasteiger partial charge in [-0.3, -0.25) is 19.5 Å². The van der Waals surface area contributed by atoms with Gasteiger partial charge in [0.2, 0.25) is 0 Å². The number of hydrogen-bond acceptors (Lipinski definition) is 11. The third-order valence-electron chi connectivity index (χ3n) is 13.1. The number of likely N-dealkylation sites (N-methyl/N-ethyl adjacent to an activating group) is 1. The molecule has 2 aromatic carbocycles. The zero-order valence-electron chi connectivity index (χ0n) is 36.3. The zero-order chi connectivity index (χ0) is 42.8. The molecule has 12 heteroatoms. The summed E-state index contributed by atoms with van der Waals surface area (Å²) in [6.45, 7) is 16.0. The molecule has 1 N–H and O–H groups in total. The summed E-state index contributed by atoms with van der Waals surface area (Å²) in [5, 5.41) is 11.7. The van der Waals surface area contributed by atoms with Gasteiger partial charge in [0.15, 0.2) is 17.7 Å². The summed E-state index contributed by atoms with van der Waals surface area (Å²) >= 11 is 0. The quantitative estimate of drug-likeness (QED) is 0.179. The van der Waals surface area contributed by atoms with Gasteiger partial charge < -0.3 is 33.7 Å². The van der Waals surface area contributed by atoms with E-state index in [-0.39, 0.29) is 29.8 Å². The maximum Gasteiger partial charge on any atom is 0.410 e. The number of aliphatic imine (C=N–C) groups is 1. The summed E-state index contributed by atoms with van der Waals surface area (Å²) in [5.74, 6) is 4.70. The Kier molecular flexibility index (Phi) is 13.6. The fourth-order valence-corrected chi connectivity index (χ4v) is 10.0. The molecule has 3 fully saturated rings. The molecule has 13 atom stereocenters. The van der Waals surface area contributed by atoms with Crippen LogP contribution in [0.2, 0.25) is 0 Å². The van der Waals surface area contributed by atoms with Crippen LogP contribution in [-0.4, -0.2) is 114 Å². The van der Waals surface area contributed by atoms with E-state index in [9.17, 15) is 19.5 Å². The number of ketones is 1. The molecule has 6 rings (SSSR count). The first-order valence-corrected chi connectivity index (χ1v) is 21.2. The number of carbonyl (C=O) groups excluding carboxylic acids is 3. The summed E-state index contributed by atoms with van der Waals surface area (Å²) < 4.78 is 31.6. The minimum atomic E-state index is -1.18. The summed E-state index contributed by atoms with van der Waals surface area (Å²) in [5.41, 5.74) is -0.337. The predicted molar refractivity (Wildman–Crippen MR) is 224 cm³/mol. The van der Waals surface area contributed by atoms with Crippen LogP contribution in [-0.2, 0) is 28.5 Å². The van der Waals surface area contributed by atoms with Crippen LogP contribution < -0.4 is 4.74 Å². The Morgan fingerprint density at radius 2 is 1.64 bits per heavy atom. The lowest BCUT2D eigenvalue weighted by atomic mass is 9.66. The number of rotatable bonds is 7. The van der Waals surface area contributed by atoms with Crippen molar-refractivity contribution in [3.8, 4) is 23.3 Å². The maximum absolute atomic E-state index is 14.7. The summed E-state index contributed by atoms with van der Waals surface area (Å²) in [6, 6.07) is 16.4. The standard InChI is InChI=1S/C47H63N3O9/c1-11-37-47(8)41-30(4)38(48-24-25-50(41)45(54)59-47)28(2)27-46(7,23-15-16-33-19-21-35(22-20-33)56-34-17-13-12-14-18-34)42(31(5)39(51)32(6)43(53)57-37)58-44-40(52)36(49(9)10)26-29(3)55-44/h12-14,17-22,28-32,36-37,40-42,44,52H,11,23-27H2,1-10H3/t28-,29-,30+,31+,32-,36+,37-,40-,41-,42-,44+,46+,47-/m1/s1. The van der Waals surface area contributed by atoms with E-state index in [1.807, 2.05) is 94.4 Å². The third kappa shape index (κ3) is 9.24. The Morgan fingerprint density at radius 3 is 2.31 bits per heavy atom. The van der Waals surface area contributed by atoms with Crippen LogP contribution in [0.15, 0.2) is 59.6 Å². The van der Waals surface area contributed by atoms with Crippen molar-refractivity contribution < 1.29 is 43.2 Å². The van der Waals surface area contributed by atoms with E-state index in [0.717, 1.165) is 17.0 Å². The van der Waals surface area contributed by atoms with Gasteiger partial charge in [0.05, 0.1) is 24.8 Å². The predicted octanol–water partition coefficient (Wildman–Crippen LogP) is 6.91. The molecule has 2 aromatic rings. The summed E-state index contributed by atoms with van der Waals surface area (Å²) in [4.78, 5) is 51.0. The molecular weight excluding hydrogens is 751 g/mol. The molecule has 0 unspecified atom stereocenters. The number of cyclic esters (lactones) is 1. The van der Waals surface area contributed by atoms with Gasteiger partial charge in [0.1, 0.15) is 29.6 Å². The number of Topliss-reactive ketones (excluding diaryl/α,β-unsaturated/α-hetero) is 1. The van der Waals surface area contributed by atoms with Gasteiger partial charge in [-0.25, -0.2) is 4.79 Å². The normalized spacial score (nSPS) is 36.7. The second kappa shape index (κ2) is 18.1. The molecular formula is C47H63N3O9. The van der Waals surface area contributed by atoms with Crippen molar-refractivity contribution in [2.75, 3.05) is 27.2 Å². The van der Waals surface area contributed by atoms with E-state index < -0.39 is 65.6 Å². The van der Waals surface area contributed by atoms with E-state index in [1.54, 1.807) is 18.7 Å². The first-order chi connectivity index (χ1) is 28.0. The highest BCUT2D eigenvalue weighted by Crippen LogP contribution is 2.46. The van der Waals surface area contributed by atoms with Gasteiger partial charge in [-0.05, 0) is 96.4 Å². The SMILES string of the molecule is CC[C@H]1OC(=O)[C@H](C)C(=O)[C@H](C)[C@@H](O[C@@H]2O[C@H](C)C[C@H](N(C)C)[C@H]2O)[C@@](C)(CC#Cc2ccc(Oc3ccccc3)cc2)C[C@@H](C)C2=NCCN3C(=O)O[C@@]1(C)[C@H]3[C@H]2C. The average Bonchev–Trinajstić information content (AvgIpc) is 3.32. The Hall–Kier alpha value is -4.28. The molecule has 320 valence electrons. The molecule has 59 heavy (non-hydrogen) atoms. The molecule has 0 aromatic heterocycles. The molecule has 4 aliphatic rings. The second-order valence-corrected chi connectivity index (χ2v) is 17.8. The van der Waals surface area contributed by atoms with Crippen molar-refractivity contribution in [1.82, 2.24) is 9.80 Å². The van der Waals surface area contributed by atoms with Gasteiger partial charge in [-0.2, -0.15) is 0 Å². The van der Waals surface area contributed by atoms with Crippen molar-refractivity contribution >= 4 is 23.6 Å². The minimum Gasteiger partial charge on any atom is -0.458 e. The van der Waals surface area contributed by atoms with E-state index in [0.29, 0.717) is 44.5 Å². The van der Waals surface area contributed by atoms with Crippen LogP contribution in [0.3, 0.4) is 0 Å². The maximum atomic E-state index is 14.7. The Balaban J connectivity index is 1.42. The van der Waals surface area contributed by atoms with Gasteiger partial charge in [0, 0.05) is 47.5 Å². The van der Waals surface area contributed by atoms with Crippen molar-refractivity contribution in [1.29, 1.82) is 0 Å². The highest BCUT2D eigenvalue weighted by molar-refractivity contribution is 6.00. The molecule has 3 saturated heterocycles. The lowest BCUT2D eigenvalue weighted by Crippen LogP contribution is -2.58. The van der Waals surface area contributed by atoms with Gasteiger partial charge in [0.25, 0.3) is 0 Å². The van der Waals surface area contributed by atoms with Crippen molar-refractivity contribution in [2.45, 2.75) is 129 Å². The van der Waals surface area contributed by atoms with E-state index >= 15 is 0 Å². The molecule has 0 saturated carbocycles. The number of carbonyl (C=O) groups is 3. The molecule has 1 amide bonds. The average molecular weight is 814 g/mol. The number of benzene rings is 2. The molecule has 4 heterocycles. The third-order valence-corrected chi connectivity index (χ3v) is 13.1. The first kappa shape index (κ1) is 44.3. The van der Waals surface area contributed by atoms with E-state index in [4.69, 9.17) is 28.7 Å². The molecule has 12 nitrogen and oxygen atoms in total. The number of esters is 1. The topological polar surface area (TPSA) is 136 Å². The van der Waals surface area contributed by atoms with Gasteiger partial charge in [-0.15, -0.1) is 0 Å². The fraction of sp³-hybridized carbons (Fsp3) is 0.617. The van der Waals surface area contributed by atoms with E-state index in [1.165, 1.54) is 0 Å². The molecule has 0 radical (unpaired) electrons. The minimum absolute atomic E-state index is 0.159. The highest BCUT2D eigenvalue weighted by atomic mass is 16.7. The monoisotopic (exact) mass is 813 g/mol. The lowest BCUT2D eigenvalue weighted by molar-refractivity contribution is -0.286. The molecule has 0 aliphatic carbocycles. The summed E-state index contributed by atoms with van der Waals surface area (Å²) in [6.07, 6.45) is -2.66. The van der Waals surface area contributed by atoms with Crippen LogP contribution in [0, 0.1) is 40.9 Å². The Bertz CT molecular complexity index is 1910. The number of amides is 1. The van der Waals surface area contributed by atoms with Crippen LogP contribution in [0.4, 0.5) is 4.79 Å². The molecule has 0 spiro atoms. The number of para-hydroxylation sites is 1. The van der Waals surface area contributed by atoms with Crippen LogP contribution in [0.1, 0.15) is 86.6 Å². The first-order valence-electron chi connectivity index (χ1n) is 21.2. The van der Waals surface area contributed by atoms with Crippen LogP contribution in [0.25, 0.3) is 0 Å². The summed E-state index contributed by atoms with van der Waals surface area (Å²) in [7, 11) is 3.83. The number of aliphatic hydroxyl groups excluding tert-OH is 1. The fourth-order valence-electron chi connectivity index (χ4n) is 10.0. The van der Waals surface area contributed by atoms with Gasteiger partial charge >= 0.3 is 12.1 Å². The number of aliphatic hydroxyl groups is 1. The molecule has 4 aliphatic heterocycles. The number of nitrogens with zero attached hydrogens (tertiary/aromatic N) is 3. The smallest absolute Gasteiger partial charge is 0.410 e. The Morgan fingerprint density at radius 1 is 0.966 bits per heavy atom. The lowest BCUT2D eigenvalue weighted by Gasteiger charge is -2.47. The number of hydrogen-bond donors (Lipinski definition) is 1.